The third-order valence-electron chi connectivity index (χ3n) is 7.33. The number of carbonyl (C=O) groups excluding carboxylic acids is 2. The second-order valence-corrected chi connectivity index (χ2v) is 19.5. The molecule has 0 fully saturated rings. The molecule has 2 atom stereocenters. The Morgan fingerprint density at radius 2 is 1.82 bits per heavy atom. The van der Waals surface area contributed by atoms with Gasteiger partial charge < -0.3 is 30.3 Å². The van der Waals surface area contributed by atoms with Crippen LogP contribution in [0.15, 0.2) is 43.2 Å². The number of urea groups is 1. The summed E-state index contributed by atoms with van der Waals surface area (Å²) in [5.74, 6) is -3.46. The number of amides is 2. The minimum absolute atomic E-state index is 0.0412. The molecule has 0 spiro atoms. The summed E-state index contributed by atoms with van der Waals surface area (Å²) in [4.78, 5) is 80.6. The fraction of sp³-hybridized carbons (Fsp3) is 0.387. The molecule has 7 N–H and O–H groups in total. The van der Waals surface area contributed by atoms with Gasteiger partial charge in [-0.25, -0.2) is 36.8 Å². The zero-order chi connectivity index (χ0) is 44.9. The summed E-state index contributed by atoms with van der Waals surface area (Å²) < 4.78 is 63.6. The highest BCUT2D eigenvalue weighted by Crippen LogP contribution is 2.36. The minimum Gasteiger partial charge on any atom is -0.480 e. The maximum absolute atomic E-state index is 14.3. The van der Waals surface area contributed by atoms with Crippen LogP contribution in [0.3, 0.4) is 0 Å². The number of carboxylic acid groups (broad SMARTS) is 2. The largest absolute Gasteiger partial charge is 0.480 e. The van der Waals surface area contributed by atoms with Crippen LogP contribution in [0, 0.1) is 12.7 Å². The van der Waals surface area contributed by atoms with E-state index in [1.807, 2.05) is 0 Å². The number of hydrogen-bond donors (Lipinski definition) is 6. The van der Waals surface area contributed by atoms with Crippen molar-refractivity contribution in [2.45, 2.75) is 55.1 Å². The number of benzene rings is 1. The number of hydrogen-bond acceptors (Lipinski definition) is 18. The fourth-order valence-electron chi connectivity index (χ4n) is 4.51. The molecule has 0 aliphatic carbocycles. The van der Waals surface area contributed by atoms with E-state index in [9.17, 15) is 41.3 Å². The number of ether oxygens (including phenoxy) is 2. The van der Waals surface area contributed by atoms with Crippen molar-refractivity contribution in [2.75, 3.05) is 38.1 Å². The van der Waals surface area contributed by atoms with E-state index in [4.69, 9.17) is 37.2 Å². The summed E-state index contributed by atoms with van der Waals surface area (Å²) in [7, 11) is -4.87. The summed E-state index contributed by atoms with van der Waals surface area (Å²) in [6, 6.07) is 1.47. The fourth-order valence-corrected chi connectivity index (χ4v) is 9.42. The normalized spacial score (nSPS) is 13.8. The first kappa shape index (κ1) is 49.6. The number of nitrogens with zero attached hydrogens (tertiary/aromatic N) is 6. The van der Waals surface area contributed by atoms with Crippen molar-refractivity contribution in [1.82, 2.24) is 29.0 Å². The molecule has 0 bridgehead atoms. The van der Waals surface area contributed by atoms with Crippen molar-refractivity contribution in [3.8, 4) is 6.01 Å². The van der Waals surface area contributed by atoms with Crippen LogP contribution in [0.1, 0.15) is 34.8 Å². The van der Waals surface area contributed by atoms with E-state index in [1.165, 1.54) is 39.3 Å². The van der Waals surface area contributed by atoms with Gasteiger partial charge in [0.25, 0.3) is 10.0 Å². The van der Waals surface area contributed by atoms with Gasteiger partial charge in [0.05, 0.1) is 25.0 Å². The molecule has 1 aliphatic rings. The molecular weight excluding hydrogens is 920 g/mol. The Hall–Kier alpha value is -4.76. The first-order valence-corrected chi connectivity index (χ1v) is 23.6. The van der Waals surface area contributed by atoms with E-state index < -0.39 is 63.0 Å². The quantitative estimate of drug-likeness (QED) is 0.0637. The number of sulfonamides is 1. The Bertz CT molecular complexity index is 2510. The van der Waals surface area contributed by atoms with Crippen molar-refractivity contribution in [3.05, 3.63) is 59.6 Å². The predicted molar refractivity (Wildman–Crippen MR) is 218 cm³/mol. The van der Waals surface area contributed by atoms with Gasteiger partial charge in [-0.15, -0.1) is 23.1 Å². The number of rotatable bonds is 13. The topological polar surface area (TPSA) is 327 Å². The third kappa shape index (κ3) is 15.1. The Morgan fingerprint density at radius 3 is 2.42 bits per heavy atom. The van der Waals surface area contributed by atoms with E-state index in [2.05, 4.69) is 30.0 Å². The predicted octanol–water partition coefficient (Wildman–Crippen LogP) is 2.94. The van der Waals surface area contributed by atoms with Gasteiger partial charge in [0.1, 0.15) is 33.1 Å². The highest BCUT2D eigenvalue weighted by molar-refractivity contribution is 8.00. The Kier molecular flexibility index (Phi) is 18.3. The van der Waals surface area contributed by atoms with E-state index in [-0.39, 0.29) is 51.7 Å². The molecule has 60 heavy (non-hydrogen) atoms. The second kappa shape index (κ2) is 22.2. The van der Waals surface area contributed by atoms with Crippen LogP contribution in [0.25, 0.3) is 0 Å². The van der Waals surface area contributed by atoms with Gasteiger partial charge in [-0.05, 0) is 61.1 Å². The maximum Gasteiger partial charge on any atom is 0.347 e. The first-order chi connectivity index (χ1) is 28.0. The van der Waals surface area contributed by atoms with Gasteiger partial charge in [-0.2, -0.15) is 15.0 Å². The van der Waals surface area contributed by atoms with Gasteiger partial charge in [-0.1, -0.05) is 11.6 Å². The number of aromatic nitrogens is 5. The van der Waals surface area contributed by atoms with Crippen LogP contribution in [0.4, 0.5) is 20.8 Å². The number of aromatic carboxylic acids is 1. The lowest BCUT2D eigenvalue weighted by Gasteiger charge is -2.15. The molecule has 3 aromatic heterocycles. The monoisotopic (exact) mass is 957 g/mol. The lowest BCUT2D eigenvalue weighted by molar-refractivity contribution is -0.139. The van der Waals surface area contributed by atoms with Gasteiger partial charge in [-0.3, -0.25) is 28.9 Å². The van der Waals surface area contributed by atoms with Gasteiger partial charge >= 0.3 is 34.8 Å². The van der Waals surface area contributed by atoms with Crippen molar-refractivity contribution >= 4 is 99.0 Å². The van der Waals surface area contributed by atoms with Crippen LogP contribution in [-0.2, 0) is 42.0 Å². The Morgan fingerprint density at radius 1 is 1.15 bits per heavy atom. The summed E-state index contributed by atoms with van der Waals surface area (Å²) in [5.41, 5.74) is 5.17. The molecule has 0 radical (unpaired) electrons. The second-order valence-electron chi connectivity index (χ2n) is 12.0. The van der Waals surface area contributed by atoms with Crippen LogP contribution in [0.2, 0.25) is 5.02 Å². The summed E-state index contributed by atoms with van der Waals surface area (Å²) in [6.07, 6.45) is 1.90. The number of aryl methyl sites for hydroxylation is 1. The van der Waals surface area contributed by atoms with Crippen LogP contribution in [-0.4, -0.2) is 111 Å². The average Bonchev–Trinajstić information content (AvgIpc) is 3.80. The van der Waals surface area contributed by atoms with Crippen LogP contribution in [0.5, 0.6) is 6.01 Å². The van der Waals surface area contributed by atoms with Crippen molar-refractivity contribution in [3.63, 3.8) is 0 Å². The van der Waals surface area contributed by atoms with Crippen molar-refractivity contribution < 1.29 is 61.1 Å². The van der Waals surface area contributed by atoms with Gasteiger partial charge in [0.15, 0.2) is 7.37 Å². The van der Waals surface area contributed by atoms with Gasteiger partial charge in [0, 0.05) is 30.8 Å². The number of methoxy groups -OCH3 is 2. The number of aliphatic carboxylic acids is 1. The molecule has 2 amide bonds. The van der Waals surface area contributed by atoms with Crippen LogP contribution < -0.4 is 30.2 Å². The lowest BCUT2D eigenvalue weighted by atomic mass is 10.2. The number of nitrogens with one attached hydrogen (secondary N) is 2. The van der Waals surface area contributed by atoms with E-state index in [0.29, 0.717) is 22.8 Å². The van der Waals surface area contributed by atoms with Crippen molar-refractivity contribution in [1.29, 1.82) is 0 Å². The number of anilines is 1. The number of halogens is 2. The zero-order valence-electron chi connectivity index (χ0n) is 31.9. The van der Waals surface area contributed by atoms with E-state index in [0.717, 1.165) is 59.4 Å². The smallest absolute Gasteiger partial charge is 0.347 e. The molecule has 29 heteroatoms. The van der Waals surface area contributed by atoms with Crippen LogP contribution >= 0.6 is 53.4 Å². The molecular formula is C31H38ClFN9O13PS4. The number of thioether (sulfide) groups is 1. The average molecular weight is 958 g/mol. The standard InChI is InChI=1S/C15H15ClFN3O3S2.C11H11N5O6S2.C5H12NO4P/c1-23-13(21)8-24-12-7-11(10(17)6-9(12)16)18-14-19-4-2-3-5-20(19)15(22)25-14;1-5-12-9(15-11(13-5)22-2)14-10(19)16-24(20,21)6-3-4-23-7(6)8(17)18;1-11(9,10)3-2-4(6)5(7)8/h6-7H,2-5,8H2,1H3;3-4H,1-2H3,(H,17,18)(H2,12,13,14,15,16,19);4H,2-3,6H2,1H3,(H,7,8)(H,9,10). The number of nitrogens with two attached hydrogens (primary N) is 1. The highest BCUT2D eigenvalue weighted by atomic mass is 35.5. The molecule has 328 valence electrons. The first-order valence-electron chi connectivity index (χ1n) is 16.8. The number of carbonyl (C=O) groups is 4. The number of esters is 1. The molecule has 5 rings (SSSR count). The highest BCUT2D eigenvalue weighted by Gasteiger charge is 2.26. The summed E-state index contributed by atoms with van der Waals surface area (Å²) >= 11 is 8.89. The molecule has 2 unspecified atom stereocenters. The number of carboxylic acids is 2. The Labute approximate surface area is 357 Å². The van der Waals surface area contributed by atoms with E-state index in [1.54, 1.807) is 14.1 Å². The molecule has 1 aromatic carbocycles. The summed E-state index contributed by atoms with van der Waals surface area (Å²) in [5, 5.41) is 20.8. The van der Waals surface area contributed by atoms with Gasteiger partial charge in [0.2, 0.25) is 10.7 Å². The molecule has 4 heterocycles. The molecule has 4 aromatic rings. The molecule has 0 saturated heterocycles. The molecule has 1 aliphatic heterocycles. The van der Waals surface area contributed by atoms with E-state index >= 15 is 0 Å². The Balaban J connectivity index is 0.000000259. The lowest BCUT2D eigenvalue weighted by Crippen LogP contribution is -2.35. The minimum atomic E-state index is -4.37. The summed E-state index contributed by atoms with van der Waals surface area (Å²) in [6.45, 7) is 4.03. The zero-order valence-corrected chi connectivity index (χ0v) is 36.8. The number of thiophene rings is 1. The molecule has 0 saturated carbocycles. The maximum atomic E-state index is 14.3. The SMILES string of the molecule is COC(=O)CSc1cc(N=c2sc(=O)n3n2CCCC3)c(F)cc1Cl.COc1nc(C)nc(NC(=O)NS(=O)(=O)c2ccsc2C(=O)O)n1.CP(=O)(O)CCC(N)C(=O)O. The third-order valence-corrected chi connectivity index (χ3v) is 13.1. The number of fused-ring (bicyclic) bond motifs is 1. The molecule has 22 nitrogen and oxygen atoms in total. The van der Waals surface area contributed by atoms with Crippen molar-refractivity contribution in [2.24, 2.45) is 10.7 Å².